The summed E-state index contributed by atoms with van der Waals surface area (Å²) < 4.78 is 4.68. The minimum absolute atomic E-state index is 0.517. The molecule has 0 aliphatic heterocycles. The highest BCUT2D eigenvalue weighted by Gasteiger charge is 1.99. The Morgan fingerprint density at radius 2 is 1.65 bits per heavy atom. The van der Waals surface area contributed by atoms with Crippen LogP contribution in [0.2, 0.25) is 0 Å². The lowest BCUT2D eigenvalue weighted by atomic mass is 10.0. The van der Waals surface area contributed by atoms with E-state index in [0.29, 0.717) is 13.1 Å². The topological polar surface area (TPSA) is 26.3 Å². The van der Waals surface area contributed by atoms with Gasteiger partial charge in [0, 0.05) is 0 Å². The fraction of sp³-hybridized carbons (Fsp3) is 0.278. The highest BCUT2D eigenvalue weighted by Crippen LogP contribution is 2.20. The summed E-state index contributed by atoms with van der Waals surface area (Å²) in [7, 11) is 0. The molecule has 0 unspecified atom stereocenters. The molecule has 0 bridgehead atoms. The SMILES string of the molecule is O=COCCCCCc1cccc(-c2ccccc2)c1. The van der Waals surface area contributed by atoms with Crippen molar-refractivity contribution in [3.8, 4) is 11.1 Å². The van der Waals surface area contributed by atoms with Crippen molar-refractivity contribution in [2.45, 2.75) is 25.7 Å². The van der Waals surface area contributed by atoms with E-state index in [-0.39, 0.29) is 0 Å². The third-order valence-electron chi connectivity index (χ3n) is 3.33. The molecule has 0 radical (unpaired) electrons. The molecule has 0 saturated carbocycles. The first-order chi connectivity index (χ1) is 9.90. The largest absolute Gasteiger partial charge is 0.468 e. The zero-order valence-electron chi connectivity index (χ0n) is 11.6. The summed E-state index contributed by atoms with van der Waals surface area (Å²) in [5.74, 6) is 0. The van der Waals surface area contributed by atoms with Crippen LogP contribution < -0.4 is 0 Å². The number of aryl methyl sites for hydroxylation is 1. The van der Waals surface area contributed by atoms with Crippen molar-refractivity contribution in [1.29, 1.82) is 0 Å². The second-order valence-corrected chi connectivity index (χ2v) is 4.84. The van der Waals surface area contributed by atoms with Crippen molar-refractivity contribution in [1.82, 2.24) is 0 Å². The van der Waals surface area contributed by atoms with Crippen molar-refractivity contribution in [2.75, 3.05) is 6.61 Å². The van der Waals surface area contributed by atoms with Gasteiger partial charge in [-0.3, -0.25) is 4.79 Å². The van der Waals surface area contributed by atoms with Gasteiger partial charge in [-0.2, -0.15) is 0 Å². The van der Waals surface area contributed by atoms with Crippen LogP contribution in [0.4, 0.5) is 0 Å². The summed E-state index contributed by atoms with van der Waals surface area (Å²) in [5, 5.41) is 0. The molecular weight excluding hydrogens is 248 g/mol. The van der Waals surface area contributed by atoms with Gasteiger partial charge >= 0.3 is 0 Å². The molecule has 20 heavy (non-hydrogen) atoms. The molecule has 0 aliphatic carbocycles. The third kappa shape index (κ3) is 4.54. The molecule has 0 fully saturated rings. The van der Waals surface area contributed by atoms with Gasteiger partial charge in [0.1, 0.15) is 0 Å². The first-order valence-electron chi connectivity index (χ1n) is 7.10. The smallest absolute Gasteiger partial charge is 0.293 e. The van der Waals surface area contributed by atoms with Crippen LogP contribution >= 0.6 is 0 Å². The van der Waals surface area contributed by atoms with Crippen molar-refractivity contribution in [2.24, 2.45) is 0 Å². The molecule has 0 amide bonds. The number of unbranched alkanes of at least 4 members (excludes halogenated alkanes) is 2. The van der Waals surface area contributed by atoms with Crippen LogP contribution in [-0.4, -0.2) is 13.1 Å². The van der Waals surface area contributed by atoms with Gasteiger partial charge in [-0.1, -0.05) is 54.6 Å². The van der Waals surface area contributed by atoms with Gasteiger partial charge in [0.25, 0.3) is 6.47 Å². The maximum atomic E-state index is 10.0. The summed E-state index contributed by atoms with van der Waals surface area (Å²) in [6, 6.07) is 19.1. The summed E-state index contributed by atoms with van der Waals surface area (Å²) in [6.07, 6.45) is 4.22. The number of hydrogen-bond donors (Lipinski definition) is 0. The molecule has 2 aromatic carbocycles. The summed E-state index contributed by atoms with van der Waals surface area (Å²) >= 11 is 0. The summed E-state index contributed by atoms with van der Waals surface area (Å²) in [6.45, 7) is 1.05. The first-order valence-corrected chi connectivity index (χ1v) is 7.10. The second kappa shape index (κ2) is 8.16. The second-order valence-electron chi connectivity index (χ2n) is 4.84. The number of ether oxygens (including phenoxy) is 1. The van der Waals surface area contributed by atoms with E-state index in [4.69, 9.17) is 0 Å². The van der Waals surface area contributed by atoms with E-state index in [1.807, 2.05) is 6.07 Å². The van der Waals surface area contributed by atoms with Crippen LogP contribution in [0.1, 0.15) is 24.8 Å². The van der Waals surface area contributed by atoms with Crippen molar-refractivity contribution in [3.05, 3.63) is 60.2 Å². The van der Waals surface area contributed by atoms with Crippen LogP contribution in [-0.2, 0) is 16.0 Å². The average Bonchev–Trinajstić information content (AvgIpc) is 2.52. The van der Waals surface area contributed by atoms with Gasteiger partial charge in [-0.15, -0.1) is 0 Å². The zero-order valence-corrected chi connectivity index (χ0v) is 11.6. The maximum Gasteiger partial charge on any atom is 0.293 e. The predicted octanol–water partition coefficient (Wildman–Crippen LogP) is 4.24. The molecule has 104 valence electrons. The molecule has 0 N–H and O–H groups in total. The third-order valence-corrected chi connectivity index (χ3v) is 3.33. The van der Waals surface area contributed by atoms with Crippen molar-refractivity contribution >= 4 is 6.47 Å². The lowest BCUT2D eigenvalue weighted by Crippen LogP contribution is -1.93. The van der Waals surface area contributed by atoms with Crippen LogP contribution in [0.3, 0.4) is 0 Å². The molecule has 0 aliphatic rings. The fourth-order valence-electron chi connectivity index (χ4n) is 2.28. The van der Waals surface area contributed by atoms with Crippen molar-refractivity contribution in [3.63, 3.8) is 0 Å². The van der Waals surface area contributed by atoms with E-state index < -0.39 is 0 Å². The van der Waals surface area contributed by atoms with E-state index >= 15 is 0 Å². The molecular formula is C18H20O2. The van der Waals surface area contributed by atoms with Crippen LogP contribution in [0.25, 0.3) is 11.1 Å². The average molecular weight is 268 g/mol. The van der Waals surface area contributed by atoms with Crippen LogP contribution in [0, 0.1) is 0 Å². The lowest BCUT2D eigenvalue weighted by molar-refractivity contribution is -0.128. The molecule has 0 spiro atoms. The van der Waals surface area contributed by atoms with Crippen LogP contribution in [0.5, 0.6) is 0 Å². The van der Waals surface area contributed by atoms with Gasteiger partial charge in [-0.05, 0) is 42.4 Å². The molecule has 0 atom stereocenters. The number of rotatable bonds is 8. The van der Waals surface area contributed by atoms with Crippen molar-refractivity contribution < 1.29 is 9.53 Å². The van der Waals surface area contributed by atoms with E-state index in [1.54, 1.807) is 0 Å². The molecule has 2 nitrogen and oxygen atoms in total. The van der Waals surface area contributed by atoms with Gasteiger partial charge in [0.2, 0.25) is 0 Å². The predicted molar refractivity (Wildman–Crippen MR) is 81.4 cm³/mol. The number of carbonyl (C=O) groups is 1. The Kier molecular flexibility index (Phi) is 5.84. The Bertz CT molecular complexity index is 520. The van der Waals surface area contributed by atoms with E-state index in [1.165, 1.54) is 16.7 Å². The summed E-state index contributed by atoms with van der Waals surface area (Å²) in [4.78, 5) is 10.0. The Labute approximate surface area is 120 Å². The monoisotopic (exact) mass is 268 g/mol. The van der Waals surface area contributed by atoms with E-state index in [0.717, 1.165) is 25.7 Å². The van der Waals surface area contributed by atoms with E-state index in [9.17, 15) is 4.79 Å². The molecule has 2 heteroatoms. The van der Waals surface area contributed by atoms with Gasteiger partial charge in [0.15, 0.2) is 0 Å². The van der Waals surface area contributed by atoms with E-state index in [2.05, 4.69) is 53.3 Å². The lowest BCUT2D eigenvalue weighted by Gasteiger charge is -2.06. The molecule has 2 aromatic rings. The quantitative estimate of drug-likeness (QED) is 0.529. The molecule has 0 aromatic heterocycles. The molecule has 0 heterocycles. The molecule has 0 saturated heterocycles. The minimum Gasteiger partial charge on any atom is -0.468 e. The Morgan fingerprint density at radius 1 is 0.850 bits per heavy atom. The number of carbonyl (C=O) groups excluding carboxylic acids is 1. The summed E-state index contributed by atoms with van der Waals surface area (Å²) in [5.41, 5.74) is 3.89. The normalized spacial score (nSPS) is 10.2. The Hall–Kier alpha value is -2.09. The van der Waals surface area contributed by atoms with Gasteiger partial charge in [0.05, 0.1) is 6.61 Å². The Morgan fingerprint density at radius 3 is 2.45 bits per heavy atom. The highest BCUT2D eigenvalue weighted by molar-refractivity contribution is 5.63. The fourth-order valence-corrected chi connectivity index (χ4v) is 2.28. The van der Waals surface area contributed by atoms with Gasteiger partial charge < -0.3 is 4.74 Å². The Balaban J connectivity index is 1.85. The standard InChI is InChI=1S/C18H20O2/c19-15-20-13-6-2-3-8-16-9-7-12-18(14-16)17-10-4-1-5-11-17/h1,4-5,7,9-12,14-15H,2-3,6,8,13H2. The first kappa shape index (κ1) is 14.3. The van der Waals surface area contributed by atoms with Gasteiger partial charge in [-0.25, -0.2) is 0 Å². The minimum atomic E-state index is 0.517. The zero-order chi connectivity index (χ0) is 14.0. The van der Waals surface area contributed by atoms with Crippen LogP contribution in [0.15, 0.2) is 54.6 Å². The number of hydrogen-bond acceptors (Lipinski definition) is 2. The molecule has 2 rings (SSSR count). The maximum absolute atomic E-state index is 10.0. The highest BCUT2D eigenvalue weighted by atomic mass is 16.5. The number of benzene rings is 2.